The maximum absolute atomic E-state index is 13.1. The van der Waals surface area contributed by atoms with E-state index in [1.54, 1.807) is 6.07 Å². The summed E-state index contributed by atoms with van der Waals surface area (Å²) in [5.74, 6) is 0. The van der Waals surface area contributed by atoms with Gasteiger partial charge in [-0.2, -0.15) is 18.4 Å². The first-order valence-corrected chi connectivity index (χ1v) is 7.25. The van der Waals surface area contributed by atoms with E-state index in [0.29, 0.717) is 6.42 Å². The van der Waals surface area contributed by atoms with Crippen molar-refractivity contribution in [2.75, 3.05) is 5.32 Å². The highest BCUT2D eigenvalue weighted by atomic mass is 32.1. The molecule has 6 heteroatoms. The van der Waals surface area contributed by atoms with Crippen LogP contribution in [0.2, 0.25) is 0 Å². The molecule has 1 atom stereocenters. The van der Waals surface area contributed by atoms with E-state index in [1.165, 1.54) is 23.5 Å². The average Bonchev–Trinajstić information content (AvgIpc) is 2.97. The van der Waals surface area contributed by atoms with E-state index in [9.17, 15) is 13.2 Å². The Morgan fingerprint density at radius 1 is 1.33 bits per heavy atom. The molecule has 1 unspecified atom stereocenters. The number of nitriles is 1. The molecular formula is C15H13F3N2S. The summed E-state index contributed by atoms with van der Waals surface area (Å²) in [6.07, 6.45) is -3.83. The number of halogens is 3. The van der Waals surface area contributed by atoms with Gasteiger partial charge in [0, 0.05) is 10.6 Å². The molecule has 0 amide bonds. The lowest BCUT2D eigenvalue weighted by Crippen LogP contribution is -2.14. The number of anilines is 1. The fourth-order valence-electron chi connectivity index (χ4n) is 2.03. The van der Waals surface area contributed by atoms with Crippen LogP contribution in [-0.4, -0.2) is 0 Å². The van der Waals surface area contributed by atoms with Gasteiger partial charge in [-0.3, -0.25) is 0 Å². The molecule has 0 saturated heterocycles. The minimum Gasteiger partial charge on any atom is -0.377 e. The Hall–Kier alpha value is -2.00. The lowest BCUT2D eigenvalue weighted by Gasteiger charge is -2.20. The third-order valence-corrected chi connectivity index (χ3v) is 4.06. The summed E-state index contributed by atoms with van der Waals surface area (Å²) >= 11 is 1.50. The first kappa shape index (κ1) is 15.4. The maximum atomic E-state index is 13.1. The summed E-state index contributed by atoms with van der Waals surface area (Å²) in [5.41, 5.74) is -0.810. The molecule has 0 aliphatic rings. The van der Waals surface area contributed by atoms with Crippen LogP contribution in [-0.2, 0) is 6.18 Å². The van der Waals surface area contributed by atoms with Crippen molar-refractivity contribution in [1.82, 2.24) is 0 Å². The van der Waals surface area contributed by atoms with E-state index < -0.39 is 11.7 Å². The molecule has 1 aromatic carbocycles. The Morgan fingerprint density at radius 2 is 2.10 bits per heavy atom. The van der Waals surface area contributed by atoms with Gasteiger partial charge in [0.1, 0.15) is 0 Å². The Balaban J connectivity index is 2.37. The molecule has 21 heavy (non-hydrogen) atoms. The molecule has 2 rings (SSSR count). The standard InChI is InChI=1S/C15H13F3N2S/c1-2-12(14-4-3-7-21-14)20-13-6-5-10(9-19)8-11(13)15(16,17)18/h3-8,12,20H,2H2,1H3. The fourth-order valence-corrected chi connectivity index (χ4v) is 2.89. The van der Waals surface area contributed by atoms with Crippen molar-refractivity contribution < 1.29 is 13.2 Å². The minimum atomic E-state index is -4.50. The van der Waals surface area contributed by atoms with E-state index >= 15 is 0 Å². The molecule has 2 aromatic rings. The summed E-state index contributed by atoms with van der Waals surface area (Å²) in [6.45, 7) is 1.91. The Kier molecular flexibility index (Phi) is 4.53. The van der Waals surface area contributed by atoms with Crippen LogP contribution in [0.4, 0.5) is 18.9 Å². The molecule has 1 N–H and O–H groups in total. The van der Waals surface area contributed by atoms with Gasteiger partial charge in [-0.1, -0.05) is 13.0 Å². The molecule has 2 nitrogen and oxygen atoms in total. The molecule has 1 aromatic heterocycles. The predicted molar refractivity (Wildman–Crippen MR) is 77.1 cm³/mol. The van der Waals surface area contributed by atoms with Crippen molar-refractivity contribution in [3.63, 3.8) is 0 Å². The molecule has 110 valence electrons. The van der Waals surface area contributed by atoms with Gasteiger partial charge in [-0.15, -0.1) is 11.3 Å². The normalized spacial score (nSPS) is 12.7. The number of nitrogens with zero attached hydrogens (tertiary/aromatic N) is 1. The molecule has 0 fully saturated rings. The second-order valence-electron chi connectivity index (χ2n) is 4.49. The van der Waals surface area contributed by atoms with Crippen LogP contribution in [0.1, 0.15) is 35.4 Å². The molecule has 0 saturated carbocycles. The highest BCUT2D eigenvalue weighted by Gasteiger charge is 2.34. The number of thiophene rings is 1. The van der Waals surface area contributed by atoms with Crippen molar-refractivity contribution in [2.45, 2.75) is 25.6 Å². The molecule has 0 aliphatic heterocycles. The summed E-state index contributed by atoms with van der Waals surface area (Å²) in [7, 11) is 0. The second-order valence-corrected chi connectivity index (χ2v) is 5.47. The zero-order valence-corrected chi connectivity index (χ0v) is 12.1. The van der Waals surface area contributed by atoms with Gasteiger partial charge in [0.2, 0.25) is 0 Å². The van der Waals surface area contributed by atoms with E-state index in [4.69, 9.17) is 5.26 Å². The smallest absolute Gasteiger partial charge is 0.377 e. The number of rotatable bonds is 4. The predicted octanol–water partition coefficient (Wildman–Crippen LogP) is 5.20. The van der Waals surface area contributed by atoms with Crippen molar-refractivity contribution in [3.05, 3.63) is 51.7 Å². The number of nitrogens with one attached hydrogen (secondary N) is 1. The highest BCUT2D eigenvalue weighted by molar-refractivity contribution is 7.10. The molecule has 1 heterocycles. The molecule has 0 radical (unpaired) electrons. The minimum absolute atomic E-state index is 0.00162. The van der Waals surface area contributed by atoms with Gasteiger partial charge in [0.25, 0.3) is 0 Å². The first-order chi connectivity index (χ1) is 9.95. The zero-order valence-electron chi connectivity index (χ0n) is 11.2. The topological polar surface area (TPSA) is 35.8 Å². The molecular weight excluding hydrogens is 297 g/mol. The van der Waals surface area contributed by atoms with Crippen molar-refractivity contribution >= 4 is 17.0 Å². The third kappa shape index (κ3) is 3.56. The quantitative estimate of drug-likeness (QED) is 0.842. The molecule has 0 bridgehead atoms. The lowest BCUT2D eigenvalue weighted by molar-refractivity contribution is -0.137. The van der Waals surface area contributed by atoms with Gasteiger partial charge in [-0.05, 0) is 36.1 Å². The summed E-state index contributed by atoms with van der Waals surface area (Å²) < 4.78 is 39.3. The van der Waals surface area contributed by atoms with Crippen LogP contribution in [0.3, 0.4) is 0 Å². The Bertz CT molecular complexity index is 642. The second kappa shape index (κ2) is 6.19. The van der Waals surface area contributed by atoms with Crippen molar-refractivity contribution in [1.29, 1.82) is 5.26 Å². The average molecular weight is 310 g/mol. The fraction of sp³-hybridized carbons (Fsp3) is 0.267. The maximum Gasteiger partial charge on any atom is 0.418 e. The van der Waals surface area contributed by atoms with Crippen LogP contribution >= 0.6 is 11.3 Å². The van der Waals surface area contributed by atoms with E-state index in [2.05, 4.69) is 5.32 Å². The first-order valence-electron chi connectivity index (χ1n) is 6.37. The van der Waals surface area contributed by atoms with Crippen molar-refractivity contribution in [2.24, 2.45) is 0 Å². The van der Waals surface area contributed by atoms with Gasteiger partial charge in [0.05, 0.1) is 23.2 Å². The van der Waals surface area contributed by atoms with Crippen LogP contribution in [0.25, 0.3) is 0 Å². The number of hydrogen-bond acceptors (Lipinski definition) is 3. The Morgan fingerprint density at radius 3 is 2.62 bits per heavy atom. The Labute approximate surface area is 124 Å². The third-order valence-electron chi connectivity index (χ3n) is 3.08. The van der Waals surface area contributed by atoms with Crippen LogP contribution in [0, 0.1) is 11.3 Å². The SMILES string of the molecule is CCC(Nc1ccc(C#N)cc1C(F)(F)F)c1cccs1. The highest BCUT2D eigenvalue weighted by Crippen LogP contribution is 2.37. The number of benzene rings is 1. The molecule has 0 spiro atoms. The van der Waals surface area contributed by atoms with E-state index in [1.807, 2.05) is 24.4 Å². The molecule has 0 aliphatic carbocycles. The lowest BCUT2D eigenvalue weighted by atomic mass is 10.1. The summed E-state index contributed by atoms with van der Waals surface area (Å²) in [4.78, 5) is 0.981. The van der Waals surface area contributed by atoms with Gasteiger partial charge < -0.3 is 5.32 Å². The summed E-state index contributed by atoms with van der Waals surface area (Å²) in [6, 6.07) is 8.90. The van der Waals surface area contributed by atoms with Crippen molar-refractivity contribution in [3.8, 4) is 6.07 Å². The van der Waals surface area contributed by atoms with Crippen LogP contribution in [0.15, 0.2) is 35.7 Å². The van der Waals surface area contributed by atoms with E-state index in [-0.39, 0.29) is 17.3 Å². The summed E-state index contributed by atoms with van der Waals surface area (Å²) in [5, 5.41) is 13.6. The van der Waals surface area contributed by atoms with Gasteiger partial charge in [-0.25, -0.2) is 0 Å². The zero-order chi connectivity index (χ0) is 15.5. The number of alkyl halides is 3. The monoisotopic (exact) mass is 310 g/mol. The number of hydrogen-bond donors (Lipinski definition) is 1. The largest absolute Gasteiger partial charge is 0.418 e. The van der Waals surface area contributed by atoms with Gasteiger partial charge in [0.15, 0.2) is 0 Å². The van der Waals surface area contributed by atoms with E-state index in [0.717, 1.165) is 10.9 Å². The van der Waals surface area contributed by atoms with Gasteiger partial charge >= 0.3 is 6.18 Å². The van der Waals surface area contributed by atoms with Crippen LogP contribution in [0.5, 0.6) is 0 Å². The van der Waals surface area contributed by atoms with Crippen LogP contribution < -0.4 is 5.32 Å².